The maximum absolute atomic E-state index is 15.2. The van der Waals surface area contributed by atoms with Crippen LogP contribution in [-0.4, -0.2) is 57.5 Å². The van der Waals surface area contributed by atoms with Crippen molar-refractivity contribution in [3.8, 4) is 5.75 Å². The first-order valence-corrected chi connectivity index (χ1v) is 15.7. The number of hydrogen-bond acceptors (Lipinski definition) is 6. The third kappa shape index (κ3) is 5.51. The Morgan fingerprint density at radius 2 is 1.81 bits per heavy atom. The number of rotatable bonds is 7. The lowest BCUT2D eigenvalue weighted by Gasteiger charge is -2.29. The van der Waals surface area contributed by atoms with Gasteiger partial charge in [0.2, 0.25) is 0 Å². The van der Waals surface area contributed by atoms with Crippen LogP contribution in [-0.2, 0) is 10.0 Å². The monoisotopic (exact) mass is 588 g/mol. The number of para-hydroxylation sites is 1. The molecule has 1 amide bonds. The number of ether oxygens (including phenoxy) is 1. The van der Waals surface area contributed by atoms with E-state index in [1.807, 2.05) is 0 Å². The van der Waals surface area contributed by atoms with Crippen LogP contribution in [0.5, 0.6) is 5.75 Å². The molecule has 0 spiro atoms. The SMILES string of the molecule is COc1cc(C2CCC2)ccc1N1CCCN(C(=O)c2ccc(NS(=O)(=O)c3cccc4cccnc34)c(F)c2)CC1. The molecule has 2 fully saturated rings. The van der Waals surface area contributed by atoms with Gasteiger partial charge in [-0.15, -0.1) is 0 Å². The second kappa shape index (κ2) is 11.6. The maximum atomic E-state index is 15.2. The fourth-order valence-corrected chi connectivity index (χ4v) is 6.97. The lowest BCUT2D eigenvalue weighted by molar-refractivity contribution is 0.0766. The van der Waals surface area contributed by atoms with Crippen molar-refractivity contribution in [2.45, 2.75) is 36.5 Å². The molecule has 0 radical (unpaired) electrons. The summed E-state index contributed by atoms with van der Waals surface area (Å²) in [4.78, 5) is 21.4. The highest BCUT2D eigenvalue weighted by Gasteiger charge is 2.26. The van der Waals surface area contributed by atoms with E-state index in [0.717, 1.165) is 30.5 Å². The zero-order chi connectivity index (χ0) is 29.3. The quantitative estimate of drug-likeness (QED) is 0.293. The fraction of sp³-hybridized carbons (Fsp3) is 0.312. The van der Waals surface area contributed by atoms with Crippen LogP contribution in [0, 0.1) is 5.82 Å². The maximum Gasteiger partial charge on any atom is 0.264 e. The molecule has 0 atom stereocenters. The van der Waals surface area contributed by atoms with Gasteiger partial charge in [-0.05, 0) is 73.2 Å². The highest BCUT2D eigenvalue weighted by atomic mass is 32.2. The zero-order valence-electron chi connectivity index (χ0n) is 23.4. The van der Waals surface area contributed by atoms with Gasteiger partial charge in [0.15, 0.2) is 0 Å². The van der Waals surface area contributed by atoms with Crippen molar-refractivity contribution in [3.63, 3.8) is 0 Å². The van der Waals surface area contributed by atoms with Crippen LogP contribution in [0.1, 0.15) is 47.5 Å². The molecule has 1 N–H and O–H groups in total. The number of halogens is 1. The van der Waals surface area contributed by atoms with Crippen molar-refractivity contribution in [3.05, 3.63) is 89.9 Å². The number of carbonyl (C=O) groups excluding carboxylic acids is 1. The van der Waals surface area contributed by atoms with Crippen LogP contribution in [0.15, 0.2) is 77.8 Å². The van der Waals surface area contributed by atoms with Gasteiger partial charge >= 0.3 is 0 Å². The van der Waals surface area contributed by atoms with Gasteiger partial charge in [0, 0.05) is 43.3 Å². The molecule has 1 aromatic heterocycles. The molecule has 8 nitrogen and oxygen atoms in total. The molecule has 1 saturated heterocycles. The van der Waals surface area contributed by atoms with Crippen molar-refractivity contribution in [2.24, 2.45) is 0 Å². The van der Waals surface area contributed by atoms with E-state index in [9.17, 15) is 13.2 Å². The van der Waals surface area contributed by atoms with Crippen LogP contribution < -0.4 is 14.4 Å². The molecule has 10 heteroatoms. The molecule has 6 rings (SSSR count). The zero-order valence-corrected chi connectivity index (χ0v) is 24.2. The number of fused-ring (bicyclic) bond motifs is 1. The Morgan fingerprint density at radius 3 is 2.57 bits per heavy atom. The average Bonchev–Trinajstić information content (AvgIpc) is 3.23. The minimum Gasteiger partial charge on any atom is -0.495 e. The Hall–Kier alpha value is -4.18. The van der Waals surface area contributed by atoms with Gasteiger partial charge in [-0.2, -0.15) is 0 Å². The van der Waals surface area contributed by atoms with Gasteiger partial charge in [-0.25, -0.2) is 12.8 Å². The lowest BCUT2D eigenvalue weighted by Crippen LogP contribution is -2.35. The van der Waals surface area contributed by atoms with Crippen molar-refractivity contribution >= 4 is 38.2 Å². The van der Waals surface area contributed by atoms with Crippen LogP contribution in [0.3, 0.4) is 0 Å². The standard InChI is InChI=1S/C32H33FN4O4S/c1-41-29-21-24(22-6-2-7-22)12-14-28(29)36-16-5-17-37(19-18-36)32(38)25-11-13-27(26(33)20-25)35-42(39,40)30-10-3-8-23-9-4-15-34-31(23)30/h3-4,8-15,20-22,35H,2,5-7,16-19H2,1H3. The Labute approximate surface area is 245 Å². The number of hydrogen-bond donors (Lipinski definition) is 1. The fourth-order valence-electron chi connectivity index (χ4n) is 5.72. The molecule has 1 aliphatic carbocycles. The van der Waals surface area contributed by atoms with Crippen molar-refractivity contribution < 1.29 is 22.3 Å². The minimum atomic E-state index is -4.13. The van der Waals surface area contributed by atoms with E-state index in [4.69, 9.17) is 4.74 Å². The third-order valence-corrected chi connectivity index (χ3v) is 9.65. The number of sulfonamides is 1. The van der Waals surface area contributed by atoms with Gasteiger partial charge in [0.05, 0.1) is 24.0 Å². The summed E-state index contributed by atoms with van der Waals surface area (Å²) in [5.41, 5.74) is 2.55. The Bertz CT molecular complexity index is 1740. The molecule has 218 valence electrons. The molecule has 3 aromatic carbocycles. The average molecular weight is 589 g/mol. The molecular formula is C32H33FN4O4S. The molecule has 4 aromatic rings. The highest BCUT2D eigenvalue weighted by Crippen LogP contribution is 2.40. The summed E-state index contributed by atoms with van der Waals surface area (Å²) in [6.45, 7) is 2.38. The van der Waals surface area contributed by atoms with E-state index in [1.54, 1.807) is 36.3 Å². The largest absolute Gasteiger partial charge is 0.495 e. The van der Waals surface area contributed by atoms with E-state index < -0.39 is 15.8 Å². The number of amides is 1. The third-order valence-electron chi connectivity index (χ3n) is 8.25. The van der Waals surface area contributed by atoms with Crippen molar-refractivity contribution in [1.82, 2.24) is 9.88 Å². The Balaban J connectivity index is 1.15. The first kappa shape index (κ1) is 28.0. The number of anilines is 2. The number of nitrogens with one attached hydrogen (secondary N) is 1. The summed E-state index contributed by atoms with van der Waals surface area (Å²) in [5.74, 6) is 0.335. The van der Waals surface area contributed by atoms with Gasteiger partial charge in [0.1, 0.15) is 16.5 Å². The molecule has 0 bridgehead atoms. The second-order valence-electron chi connectivity index (χ2n) is 10.8. The van der Waals surface area contributed by atoms with E-state index in [2.05, 4.69) is 32.8 Å². The van der Waals surface area contributed by atoms with E-state index in [0.29, 0.717) is 36.5 Å². The number of pyridine rings is 1. The normalized spacial score (nSPS) is 16.1. The minimum absolute atomic E-state index is 0.0522. The van der Waals surface area contributed by atoms with E-state index >= 15 is 4.39 Å². The lowest BCUT2D eigenvalue weighted by atomic mass is 9.80. The smallest absolute Gasteiger partial charge is 0.264 e. The first-order valence-electron chi connectivity index (χ1n) is 14.2. The molecule has 0 unspecified atom stereocenters. The topological polar surface area (TPSA) is 91.8 Å². The van der Waals surface area contributed by atoms with Gasteiger partial charge < -0.3 is 14.5 Å². The van der Waals surface area contributed by atoms with Crippen molar-refractivity contribution in [2.75, 3.05) is 42.9 Å². The molecular weight excluding hydrogens is 555 g/mol. The highest BCUT2D eigenvalue weighted by molar-refractivity contribution is 7.93. The summed E-state index contributed by atoms with van der Waals surface area (Å²) in [5, 5.41) is 0.655. The molecule has 1 saturated carbocycles. The predicted octanol–water partition coefficient (Wildman–Crippen LogP) is 5.80. The number of nitrogens with zero attached hydrogens (tertiary/aromatic N) is 3. The second-order valence-corrected chi connectivity index (χ2v) is 12.5. The predicted molar refractivity (Wildman–Crippen MR) is 161 cm³/mol. The summed E-state index contributed by atoms with van der Waals surface area (Å²) in [7, 11) is -2.44. The summed E-state index contributed by atoms with van der Waals surface area (Å²) in [6.07, 6.45) is 5.97. The summed E-state index contributed by atoms with van der Waals surface area (Å²) in [6, 6.07) is 18.5. The van der Waals surface area contributed by atoms with Crippen LogP contribution >= 0.6 is 0 Å². The molecule has 2 heterocycles. The molecule has 1 aliphatic heterocycles. The number of benzene rings is 3. The Kier molecular flexibility index (Phi) is 7.72. The number of carbonyl (C=O) groups is 1. The molecule has 42 heavy (non-hydrogen) atoms. The van der Waals surface area contributed by atoms with Crippen LogP contribution in [0.2, 0.25) is 0 Å². The van der Waals surface area contributed by atoms with E-state index in [-0.39, 0.29) is 22.1 Å². The number of methoxy groups -OCH3 is 1. The van der Waals surface area contributed by atoms with Gasteiger partial charge in [0.25, 0.3) is 15.9 Å². The van der Waals surface area contributed by atoms with E-state index in [1.165, 1.54) is 49.2 Å². The van der Waals surface area contributed by atoms with Gasteiger partial charge in [-0.3, -0.25) is 14.5 Å². The first-order chi connectivity index (χ1) is 20.3. The van der Waals surface area contributed by atoms with Gasteiger partial charge in [-0.1, -0.05) is 30.7 Å². The number of aromatic nitrogens is 1. The van der Waals surface area contributed by atoms with Crippen molar-refractivity contribution in [1.29, 1.82) is 0 Å². The van der Waals surface area contributed by atoms with Crippen LogP contribution in [0.4, 0.5) is 15.8 Å². The summed E-state index contributed by atoms with van der Waals surface area (Å²) < 4.78 is 49.5. The summed E-state index contributed by atoms with van der Waals surface area (Å²) >= 11 is 0. The molecule has 2 aliphatic rings. The Morgan fingerprint density at radius 1 is 0.976 bits per heavy atom. The van der Waals surface area contributed by atoms with Crippen LogP contribution in [0.25, 0.3) is 10.9 Å².